The summed E-state index contributed by atoms with van der Waals surface area (Å²) in [6.07, 6.45) is 0. The van der Waals surface area contributed by atoms with Gasteiger partial charge in [0.2, 0.25) is 0 Å². The molecule has 0 heterocycles. The van der Waals surface area contributed by atoms with Crippen LogP contribution in [0.2, 0.25) is 0 Å². The fourth-order valence-corrected chi connectivity index (χ4v) is 1.56. The molecule has 0 aliphatic heterocycles. The normalized spacial score (nSPS) is 10.2. The van der Waals surface area contributed by atoms with Crippen molar-refractivity contribution >= 4 is 5.69 Å². The van der Waals surface area contributed by atoms with Crippen molar-refractivity contribution in [3.63, 3.8) is 0 Å². The first-order valence-corrected chi connectivity index (χ1v) is 5.42. The fraction of sp³-hybridized carbons (Fsp3) is 0.143. The Balaban J connectivity index is 2.08. The highest BCUT2D eigenvalue weighted by molar-refractivity contribution is 5.52. The molecule has 0 fully saturated rings. The summed E-state index contributed by atoms with van der Waals surface area (Å²) in [4.78, 5) is 0. The molecule has 0 amide bonds. The number of rotatable bonds is 3. The van der Waals surface area contributed by atoms with Gasteiger partial charge in [-0.05, 0) is 36.2 Å². The zero-order valence-corrected chi connectivity index (χ0v) is 9.68. The van der Waals surface area contributed by atoms with Crippen LogP contribution < -0.4 is 10.5 Å². The Kier molecular flexibility index (Phi) is 3.19. The van der Waals surface area contributed by atoms with Gasteiger partial charge in [-0.25, -0.2) is 0 Å². The summed E-state index contributed by atoms with van der Waals surface area (Å²) in [6, 6.07) is 13.0. The maximum Gasteiger partial charge on any atom is 0.138 e. The van der Waals surface area contributed by atoms with Crippen LogP contribution in [-0.4, -0.2) is 5.11 Å². The van der Waals surface area contributed by atoms with E-state index in [2.05, 4.69) is 0 Å². The molecule has 0 atom stereocenters. The van der Waals surface area contributed by atoms with Crippen molar-refractivity contribution in [2.45, 2.75) is 13.5 Å². The van der Waals surface area contributed by atoms with Crippen LogP contribution in [0.25, 0.3) is 0 Å². The molecule has 0 radical (unpaired) electrons. The number of aryl methyl sites for hydroxylation is 1. The lowest BCUT2D eigenvalue weighted by atomic mass is 10.2. The van der Waals surface area contributed by atoms with Crippen molar-refractivity contribution in [1.29, 1.82) is 0 Å². The quantitative estimate of drug-likeness (QED) is 0.628. The number of ether oxygens (including phenoxy) is 1. The summed E-state index contributed by atoms with van der Waals surface area (Å²) in [5, 5.41) is 9.47. The SMILES string of the molecule is Cc1ccccc1OCc1ccc(N)c(O)c1. The molecule has 3 nitrogen and oxygen atoms in total. The van der Waals surface area contributed by atoms with Crippen molar-refractivity contribution in [3.8, 4) is 11.5 Å². The zero-order chi connectivity index (χ0) is 12.3. The van der Waals surface area contributed by atoms with E-state index in [1.165, 1.54) is 0 Å². The number of nitrogens with two attached hydrogens (primary N) is 1. The molecule has 3 heteroatoms. The van der Waals surface area contributed by atoms with Gasteiger partial charge in [-0.1, -0.05) is 24.3 Å². The summed E-state index contributed by atoms with van der Waals surface area (Å²) in [7, 11) is 0. The largest absolute Gasteiger partial charge is 0.506 e. The van der Waals surface area contributed by atoms with Gasteiger partial charge >= 0.3 is 0 Å². The summed E-state index contributed by atoms with van der Waals surface area (Å²) in [6.45, 7) is 2.41. The zero-order valence-electron chi connectivity index (χ0n) is 9.68. The van der Waals surface area contributed by atoms with E-state index in [9.17, 15) is 5.11 Å². The lowest BCUT2D eigenvalue weighted by Gasteiger charge is -2.09. The molecular formula is C14H15NO2. The fourth-order valence-electron chi connectivity index (χ4n) is 1.56. The van der Waals surface area contributed by atoms with E-state index in [0.717, 1.165) is 16.9 Å². The molecule has 2 aromatic carbocycles. The second kappa shape index (κ2) is 4.78. The van der Waals surface area contributed by atoms with E-state index in [0.29, 0.717) is 12.3 Å². The van der Waals surface area contributed by atoms with Crippen molar-refractivity contribution in [3.05, 3.63) is 53.6 Å². The minimum Gasteiger partial charge on any atom is -0.506 e. The van der Waals surface area contributed by atoms with Gasteiger partial charge in [0, 0.05) is 0 Å². The first-order valence-electron chi connectivity index (χ1n) is 5.42. The Bertz CT molecular complexity index is 523. The van der Waals surface area contributed by atoms with E-state index in [1.54, 1.807) is 12.1 Å². The van der Waals surface area contributed by atoms with E-state index in [1.807, 2.05) is 37.3 Å². The second-order valence-corrected chi connectivity index (χ2v) is 3.95. The second-order valence-electron chi connectivity index (χ2n) is 3.95. The van der Waals surface area contributed by atoms with Crippen molar-refractivity contribution in [1.82, 2.24) is 0 Å². The molecule has 0 saturated carbocycles. The van der Waals surface area contributed by atoms with E-state index < -0.39 is 0 Å². The topological polar surface area (TPSA) is 55.5 Å². The summed E-state index contributed by atoms with van der Waals surface area (Å²) < 4.78 is 5.67. The summed E-state index contributed by atoms with van der Waals surface area (Å²) >= 11 is 0. The van der Waals surface area contributed by atoms with Crippen LogP contribution in [0.4, 0.5) is 5.69 Å². The average molecular weight is 229 g/mol. The molecule has 0 spiro atoms. The number of phenolic OH excluding ortho intramolecular Hbond substituents is 1. The smallest absolute Gasteiger partial charge is 0.138 e. The van der Waals surface area contributed by atoms with Crippen molar-refractivity contribution in [2.24, 2.45) is 0 Å². The number of hydrogen-bond acceptors (Lipinski definition) is 3. The highest BCUT2D eigenvalue weighted by atomic mass is 16.5. The molecule has 88 valence electrons. The van der Waals surface area contributed by atoms with Gasteiger partial charge in [0.15, 0.2) is 0 Å². The van der Waals surface area contributed by atoms with Crippen molar-refractivity contribution in [2.75, 3.05) is 5.73 Å². The minimum absolute atomic E-state index is 0.0934. The monoisotopic (exact) mass is 229 g/mol. The third kappa shape index (κ3) is 2.69. The van der Waals surface area contributed by atoms with Crippen LogP contribution in [0.5, 0.6) is 11.5 Å². The highest BCUT2D eigenvalue weighted by Gasteiger charge is 2.01. The first kappa shape index (κ1) is 11.3. The predicted molar refractivity (Wildman–Crippen MR) is 68.0 cm³/mol. The molecule has 2 aromatic rings. The number of benzene rings is 2. The summed E-state index contributed by atoms with van der Waals surface area (Å²) in [5.41, 5.74) is 7.89. The summed E-state index contributed by atoms with van der Waals surface area (Å²) in [5.74, 6) is 0.944. The van der Waals surface area contributed by atoms with Gasteiger partial charge in [0.25, 0.3) is 0 Å². The predicted octanol–water partition coefficient (Wildman–Crippen LogP) is 2.86. The van der Waals surface area contributed by atoms with Crippen LogP contribution in [0.1, 0.15) is 11.1 Å². The maximum absolute atomic E-state index is 9.47. The number of aromatic hydroxyl groups is 1. The molecular weight excluding hydrogens is 214 g/mol. The number of phenols is 1. The Hall–Kier alpha value is -2.16. The lowest BCUT2D eigenvalue weighted by molar-refractivity contribution is 0.303. The Morgan fingerprint density at radius 2 is 1.94 bits per heavy atom. The van der Waals surface area contributed by atoms with Gasteiger partial charge in [-0.2, -0.15) is 0 Å². The standard InChI is InChI=1S/C14H15NO2/c1-10-4-2-3-5-14(10)17-9-11-6-7-12(15)13(16)8-11/h2-8,16H,9,15H2,1H3. The Morgan fingerprint density at radius 3 is 2.65 bits per heavy atom. The minimum atomic E-state index is 0.0934. The maximum atomic E-state index is 9.47. The number of anilines is 1. The highest BCUT2D eigenvalue weighted by Crippen LogP contribution is 2.22. The first-order chi connectivity index (χ1) is 8.16. The number of para-hydroxylation sites is 1. The van der Waals surface area contributed by atoms with Crippen molar-refractivity contribution < 1.29 is 9.84 Å². The van der Waals surface area contributed by atoms with Crippen LogP contribution in [-0.2, 0) is 6.61 Å². The van der Waals surface area contributed by atoms with Crippen LogP contribution in [0.15, 0.2) is 42.5 Å². The molecule has 3 N–H and O–H groups in total. The lowest BCUT2D eigenvalue weighted by Crippen LogP contribution is -1.97. The Labute approximate surface area is 100 Å². The van der Waals surface area contributed by atoms with Crippen LogP contribution in [0, 0.1) is 6.92 Å². The van der Waals surface area contributed by atoms with E-state index in [4.69, 9.17) is 10.5 Å². The average Bonchev–Trinajstić information content (AvgIpc) is 2.32. The number of hydrogen-bond donors (Lipinski definition) is 2. The molecule has 2 rings (SSSR count). The molecule has 0 aromatic heterocycles. The van der Waals surface area contributed by atoms with Gasteiger partial charge in [-0.3, -0.25) is 0 Å². The van der Waals surface area contributed by atoms with E-state index >= 15 is 0 Å². The van der Waals surface area contributed by atoms with Crippen LogP contribution in [0.3, 0.4) is 0 Å². The molecule has 17 heavy (non-hydrogen) atoms. The molecule has 0 bridgehead atoms. The number of nitrogen functional groups attached to an aromatic ring is 1. The van der Waals surface area contributed by atoms with E-state index in [-0.39, 0.29) is 5.75 Å². The molecule has 0 saturated heterocycles. The third-order valence-electron chi connectivity index (χ3n) is 2.58. The Morgan fingerprint density at radius 1 is 1.18 bits per heavy atom. The molecule has 0 aliphatic carbocycles. The van der Waals surface area contributed by atoms with Gasteiger partial charge in [0.05, 0.1) is 5.69 Å². The van der Waals surface area contributed by atoms with Gasteiger partial charge in [-0.15, -0.1) is 0 Å². The van der Waals surface area contributed by atoms with Gasteiger partial charge < -0.3 is 15.6 Å². The molecule has 0 aliphatic rings. The third-order valence-corrected chi connectivity index (χ3v) is 2.58. The molecule has 0 unspecified atom stereocenters. The van der Waals surface area contributed by atoms with Gasteiger partial charge in [0.1, 0.15) is 18.1 Å². The van der Waals surface area contributed by atoms with Crippen LogP contribution >= 0.6 is 0 Å².